The van der Waals surface area contributed by atoms with Crippen LogP contribution in [0.15, 0.2) is 4.42 Å². The van der Waals surface area contributed by atoms with E-state index in [9.17, 15) is 9.59 Å². The Hall–Kier alpha value is -1.89. The molecule has 0 N–H and O–H groups in total. The van der Waals surface area contributed by atoms with Gasteiger partial charge in [-0.1, -0.05) is 0 Å². The van der Waals surface area contributed by atoms with Crippen molar-refractivity contribution in [3.63, 3.8) is 0 Å². The number of aromatic nitrogens is 1. The predicted molar refractivity (Wildman–Crippen MR) is 65.3 cm³/mol. The molecule has 7 heteroatoms. The van der Waals surface area contributed by atoms with E-state index in [1.165, 1.54) is 14.2 Å². The zero-order valence-corrected chi connectivity index (χ0v) is 11.6. The first kappa shape index (κ1) is 15.2. The van der Waals surface area contributed by atoms with Crippen LogP contribution in [0, 0.1) is 13.8 Å². The van der Waals surface area contributed by atoms with Crippen molar-refractivity contribution in [2.24, 2.45) is 0 Å². The lowest BCUT2D eigenvalue weighted by Gasteiger charge is -2.17. The molecule has 0 radical (unpaired) electrons. The van der Waals surface area contributed by atoms with Crippen molar-refractivity contribution in [2.45, 2.75) is 20.4 Å². The zero-order chi connectivity index (χ0) is 14.4. The molecule has 0 saturated carbocycles. The van der Waals surface area contributed by atoms with Gasteiger partial charge >= 0.3 is 11.9 Å². The van der Waals surface area contributed by atoms with Crippen molar-refractivity contribution < 1.29 is 23.5 Å². The third-order valence-electron chi connectivity index (χ3n) is 2.59. The Bertz CT molecular complexity index is 417. The fourth-order valence-electron chi connectivity index (χ4n) is 1.46. The van der Waals surface area contributed by atoms with Crippen LogP contribution in [0.4, 0.5) is 0 Å². The van der Waals surface area contributed by atoms with E-state index in [2.05, 4.69) is 14.5 Å². The molecule has 0 amide bonds. The molecular formula is C12H18N2O5. The summed E-state index contributed by atoms with van der Waals surface area (Å²) in [6.45, 7) is 3.79. The van der Waals surface area contributed by atoms with Crippen molar-refractivity contribution in [2.75, 3.05) is 27.3 Å². The molecule has 0 saturated heterocycles. The fraction of sp³-hybridized carbons (Fsp3) is 0.583. The van der Waals surface area contributed by atoms with Gasteiger partial charge < -0.3 is 13.9 Å². The van der Waals surface area contributed by atoms with E-state index in [1.54, 1.807) is 11.8 Å². The number of esters is 2. The number of carbonyl (C=O) groups excluding carboxylic acids is 2. The predicted octanol–water partition coefficient (Wildman–Crippen LogP) is 0.439. The van der Waals surface area contributed by atoms with E-state index in [-0.39, 0.29) is 19.6 Å². The topological polar surface area (TPSA) is 81.9 Å². The van der Waals surface area contributed by atoms with E-state index in [0.717, 1.165) is 5.69 Å². The third-order valence-corrected chi connectivity index (χ3v) is 2.59. The minimum absolute atomic E-state index is 0.0356. The van der Waals surface area contributed by atoms with Gasteiger partial charge in [0.25, 0.3) is 0 Å². The van der Waals surface area contributed by atoms with Gasteiger partial charge in [-0.15, -0.1) is 0 Å². The molecule has 1 aromatic heterocycles. The molecule has 1 heterocycles. The molecule has 0 aromatic carbocycles. The van der Waals surface area contributed by atoms with Crippen LogP contribution in [-0.4, -0.2) is 49.1 Å². The number of nitrogens with zero attached hydrogens (tertiary/aromatic N) is 2. The molecule has 0 bridgehead atoms. The number of rotatable bonds is 6. The summed E-state index contributed by atoms with van der Waals surface area (Å²) in [6.07, 6.45) is 0. The van der Waals surface area contributed by atoms with Crippen LogP contribution in [0.25, 0.3) is 0 Å². The molecule has 0 fully saturated rings. The summed E-state index contributed by atoms with van der Waals surface area (Å²) in [5.41, 5.74) is 0.783. The maximum Gasteiger partial charge on any atom is 0.319 e. The number of carbonyl (C=O) groups is 2. The highest BCUT2D eigenvalue weighted by Gasteiger charge is 2.18. The third kappa shape index (κ3) is 4.70. The Morgan fingerprint density at radius 1 is 1.16 bits per heavy atom. The SMILES string of the molecule is COC(=O)CN(CC(=O)OC)Cc1nc(C)c(C)o1. The average Bonchev–Trinajstić information content (AvgIpc) is 2.67. The summed E-state index contributed by atoms with van der Waals surface area (Å²) < 4.78 is 14.6. The van der Waals surface area contributed by atoms with Gasteiger partial charge in [0.2, 0.25) is 5.89 Å². The minimum Gasteiger partial charge on any atom is -0.468 e. The Kier molecular flexibility index (Phi) is 5.50. The molecule has 1 rings (SSSR count). The monoisotopic (exact) mass is 270 g/mol. The zero-order valence-electron chi connectivity index (χ0n) is 11.6. The average molecular weight is 270 g/mol. The van der Waals surface area contributed by atoms with Crippen molar-refractivity contribution in [1.29, 1.82) is 0 Å². The number of aryl methyl sites for hydroxylation is 2. The number of methoxy groups -OCH3 is 2. The Labute approximate surface area is 111 Å². The van der Waals surface area contributed by atoms with Gasteiger partial charge in [-0.3, -0.25) is 14.5 Å². The first-order valence-corrected chi connectivity index (χ1v) is 5.75. The van der Waals surface area contributed by atoms with Crippen LogP contribution in [0.5, 0.6) is 0 Å². The van der Waals surface area contributed by atoms with E-state index in [0.29, 0.717) is 11.7 Å². The summed E-state index contributed by atoms with van der Waals surface area (Å²) >= 11 is 0. The molecule has 106 valence electrons. The summed E-state index contributed by atoms with van der Waals surface area (Å²) in [7, 11) is 2.58. The Balaban J connectivity index is 2.72. The van der Waals surface area contributed by atoms with Crippen molar-refractivity contribution in [3.8, 4) is 0 Å². The molecule has 0 aliphatic carbocycles. The van der Waals surface area contributed by atoms with Crippen molar-refractivity contribution in [1.82, 2.24) is 9.88 Å². The maximum absolute atomic E-state index is 11.3. The maximum atomic E-state index is 11.3. The van der Waals surface area contributed by atoms with Crippen LogP contribution in [0.2, 0.25) is 0 Å². The molecule has 7 nitrogen and oxygen atoms in total. The van der Waals surface area contributed by atoms with Gasteiger partial charge in [-0.05, 0) is 13.8 Å². The van der Waals surface area contributed by atoms with E-state index < -0.39 is 11.9 Å². The lowest BCUT2D eigenvalue weighted by molar-refractivity contribution is -0.145. The van der Waals surface area contributed by atoms with Gasteiger partial charge in [-0.25, -0.2) is 4.98 Å². The number of oxazole rings is 1. The lowest BCUT2D eigenvalue weighted by Crippen LogP contribution is -2.35. The fourth-order valence-corrected chi connectivity index (χ4v) is 1.46. The summed E-state index contributed by atoms with van der Waals surface area (Å²) in [6, 6.07) is 0. The van der Waals surface area contributed by atoms with Gasteiger partial charge in [-0.2, -0.15) is 0 Å². The molecular weight excluding hydrogens is 252 g/mol. The van der Waals surface area contributed by atoms with E-state index in [1.807, 2.05) is 6.92 Å². The first-order valence-electron chi connectivity index (χ1n) is 5.75. The second kappa shape index (κ2) is 6.89. The van der Waals surface area contributed by atoms with Crippen LogP contribution >= 0.6 is 0 Å². The standard InChI is InChI=1S/C12H18N2O5/c1-8-9(2)19-10(13-8)5-14(6-11(15)17-3)7-12(16)18-4/h5-7H2,1-4H3. The number of hydrogen-bond acceptors (Lipinski definition) is 7. The normalized spacial score (nSPS) is 10.6. The molecule has 0 spiro atoms. The van der Waals surface area contributed by atoms with Gasteiger partial charge in [0.15, 0.2) is 0 Å². The second-order valence-electron chi connectivity index (χ2n) is 4.05. The quantitative estimate of drug-likeness (QED) is 0.693. The van der Waals surface area contributed by atoms with Crippen LogP contribution in [0.1, 0.15) is 17.3 Å². The first-order chi connectivity index (χ1) is 8.96. The Morgan fingerprint density at radius 3 is 2.05 bits per heavy atom. The van der Waals surface area contributed by atoms with E-state index in [4.69, 9.17) is 4.42 Å². The Morgan fingerprint density at radius 2 is 1.68 bits per heavy atom. The molecule has 0 aliphatic heterocycles. The van der Waals surface area contributed by atoms with Crippen molar-refractivity contribution in [3.05, 3.63) is 17.3 Å². The summed E-state index contributed by atoms with van der Waals surface area (Å²) in [4.78, 5) is 28.3. The van der Waals surface area contributed by atoms with Gasteiger partial charge in [0.05, 0.1) is 39.5 Å². The highest BCUT2D eigenvalue weighted by atomic mass is 16.5. The highest BCUT2D eigenvalue weighted by molar-refractivity contribution is 5.74. The minimum atomic E-state index is -0.441. The number of hydrogen-bond donors (Lipinski definition) is 0. The molecule has 1 aromatic rings. The smallest absolute Gasteiger partial charge is 0.319 e. The van der Waals surface area contributed by atoms with Gasteiger partial charge in [0, 0.05) is 0 Å². The van der Waals surface area contributed by atoms with Crippen LogP contribution in [-0.2, 0) is 25.6 Å². The van der Waals surface area contributed by atoms with Crippen LogP contribution < -0.4 is 0 Å². The van der Waals surface area contributed by atoms with E-state index >= 15 is 0 Å². The van der Waals surface area contributed by atoms with Crippen molar-refractivity contribution >= 4 is 11.9 Å². The lowest BCUT2D eigenvalue weighted by atomic mass is 10.4. The largest absolute Gasteiger partial charge is 0.468 e. The highest BCUT2D eigenvalue weighted by Crippen LogP contribution is 2.10. The molecule has 19 heavy (non-hydrogen) atoms. The molecule has 0 unspecified atom stereocenters. The van der Waals surface area contributed by atoms with Crippen LogP contribution in [0.3, 0.4) is 0 Å². The number of ether oxygens (including phenoxy) is 2. The summed E-state index contributed by atoms with van der Waals surface area (Å²) in [5.74, 6) is 0.279. The summed E-state index contributed by atoms with van der Waals surface area (Å²) in [5, 5.41) is 0. The molecule has 0 aliphatic rings. The molecule has 0 atom stereocenters. The second-order valence-corrected chi connectivity index (χ2v) is 4.05. The van der Waals surface area contributed by atoms with Gasteiger partial charge in [0.1, 0.15) is 5.76 Å².